The van der Waals surface area contributed by atoms with E-state index in [4.69, 9.17) is 10.8 Å². The number of nitrogens with two attached hydrogens (primary N) is 1. The van der Waals surface area contributed by atoms with Crippen LogP contribution in [0, 0.1) is 0 Å². The van der Waals surface area contributed by atoms with E-state index in [1.165, 1.54) is 42.3 Å². The van der Waals surface area contributed by atoms with Gasteiger partial charge in [-0.3, -0.25) is 9.69 Å². The summed E-state index contributed by atoms with van der Waals surface area (Å²) in [5.74, 6) is -1.18. The number of halogens is 2. The molecular weight excluding hydrogens is 420 g/mol. The van der Waals surface area contributed by atoms with Crippen LogP contribution >= 0.6 is 0 Å². The van der Waals surface area contributed by atoms with Crippen LogP contribution in [0.1, 0.15) is 35.4 Å². The van der Waals surface area contributed by atoms with Crippen LogP contribution in [0.2, 0.25) is 0 Å². The second-order valence-corrected chi connectivity index (χ2v) is 7.82. The highest BCUT2D eigenvalue weighted by molar-refractivity contribution is 6.08. The predicted octanol–water partition coefficient (Wildman–Crippen LogP) is 3.21. The molecule has 2 aromatic rings. The number of aliphatic carboxylic acids is 1. The Morgan fingerprint density at radius 2 is 1.94 bits per heavy atom. The lowest BCUT2D eigenvalue weighted by Crippen LogP contribution is -2.41. The molecule has 1 aliphatic carbocycles. The lowest BCUT2D eigenvalue weighted by Gasteiger charge is -2.31. The van der Waals surface area contributed by atoms with Gasteiger partial charge in [-0.25, -0.2) is 9.79 Å². The van der Waals surface area contributed by atoms with Gasteiger partial charge in [-0.15, -0.1) is 0 Å². The molecule has 4 rings (SSSR count). The number of hydrogen-bond acceptors (Lipinski definition) is 5. The molecule has 1 unspecified atom stereocenters. The number of rotatable bonds is 6. The van der Waals surface area contributed by atoms with Gasteiger partial charge >= 0.3 is 12.6 Å². The molecule has 3 N–H and O–H groups in total. The van der Waals surface area contributed by atoms with Crippen LogP contribution < -0.4 is 10.5 Å². The van der Waals surface area contributed by atoms with Gasteiger partial charge in [0.2, 0.25) is 0 Å². The maximum Gasteiger partial charge on any atom is 0.387 e. The second-order valence-electron chi connectivity index (χ2n) is 7.82. The quantitative estimate of drug-likeness (QED) is 0.670. The van der Waals surface area contributed by atoms with Gasteiger partial charge in [0.1, 0.15) is 5.75 Å². The molecule has 0 bridgehead atoms. The normalized spacial score (nSPS) is 22.6. The van der Waals surface area contributed by atoms with Crippen molar-refractivity contribution in [3.8, 4) is 5.75 Å². The third kappa shape index (κ3) is 3.70. The highest BCUT2D eigenvalue weighted by Crippen LogP contribution is 2.44. The lowest BCUT2D eigenvalue weighted by atomic mass is 9.74. The van der Waals surface area contributed by atoms with Crippen LogP contribution in [0.25, 0.3) is 0 Å². The van der Waals surface area contributed by atoms with E-state index in [1.807, 2.05) is 18.2 Å². The molecule has 1 fully saturated rings. The molecule has 2 aromatic carbocycles. The molecule has 1 saturated carbocycles. The van der Waals surface area contributed by atoms with E-state index in [0.29, 0.717) is 24.0 Å². The van der Waals surface area contributed by atoms with Gasteiger partial charge in [0, 0.05) is 13.1 Å². The van der Waals surface area contributed by atoms with Gasteiger partial charge in [0.15, 0.2) is 11.5 Å². The van der Waals surface area contributed by atoms with Crippen molar-refractivity contribution in [2.75, 3.05) is 7.05 Å². The van der Waals surface area contributed by atoms with Crippen molar-refractivity contribution in [2.45, 2.75) is 30.9 Å². The number of guanidine groups is 1. The number of alkyl halides is 2. The van der Waals surface area contributed by atoms with Crippen LogP contribution in [0.15, 0.2) is 65.2 Å². The number of benzene rings is 2. The van der Waals surface area contributed by atoms with Crippen molar-refractivity contribution >= 4 is 17.8 Å². The fourth-order valence-electron chi connectivity index (χ4n) is 4.18. The molecule has 32 heavy (non-hydrogen) atoms. The number of ether oxygens (including phenoxy) is 1. The maximum atomic E-state index is 13.3. The Bertz CT molecular complexity index is 1120. The van der Waals surface area contributed by atoms with Crippen molar-refractivity contribution in [3.63, 3.8) is 0 Å². The first-order valence-electron chi connectivity index (χ1n) is 9.92. The van der Waals surface area contributed by atoms with Crippen molar-refractivity contribution in [1.29, 1.82) is 0 Å². The summed E-state index contributed by atoms with van der Waals surface area (Å²) in [4.78, 5) is 30.0. The number of amides is 1. The second kappa shape index (κ2) is 8.07. The molecule has 0 aromatic heterocycles. The van der Waals surface area contributed by atoms with Crippen molar-refractivity contribution < 1.29 is 28.2 Å². The summed E-state index contributed by atoms with van der Waals surface area (Å²) in [7, 11) is 1.52. The van der Waals surface area contributed by atoms with E-state index < -0.39 is 18.1 Å². The maximum absolute atomic E-state index is 13.3. The highest BCUT2D eigenvalue weighted by Gasteiger charge is 2.49. The predicted molar refractivity (Wildman–Crippen MR) is 112 cm³/mol. The molecule has 0 spiro atoms. The molecule has 1 amide bonds. The smallest absolute Gasteiger partial charge is 0.387 e. The minimum atomic E-state index is -2.96. The number of aliphatic imine (C=N–C) groups is 1. The van der Waals surface area contributed by atoms with E-state index in [9.17, 15) is 18.4 Å². The molecule has 0 radical (unpaired) electrons. The number of allylic oxidation sites excluding steroid dienone is 1. The molecule has 0 saturated heterocycles. The zero-order valence-corrected chi connectivity index (χ0v) is 17.2. The number of carboxylic acids is 1. The van der Waals surface area contributed by atoms with Crippen LogP contribution in [-0.4, -0.2) is 41.5 Å². The summed E-state index contributed by atoms with van der Waals surface area (Å²) in [5, 5.41) is 8.90. The van der Waals surface area contributed by atoms with Crippen molar-refractivity contribution in [1.82, 2.24) is 4.90 Å². The van der Waals surface area contributed by atoms with E-state index in [1.54, 1.807) is 6.07 Å². The Morgan fingerprint density at radius 3 is 2.50 bits per heavy atom. The van der Waals surface area contributed by atoms with Gasteiger partial charge in [-0.2, -0.15) is 8.78 Å². The molecule has 2 aliphatic rings. The van der Waals surface area contributed by atoms with Crippen molar-refractivity contribution in [3.05, 3.63) is 76.9 Å². The number of nitrogens with zero attached hydrogens (tertiary/aromatic N) is 2. The average Bonchev–Trinajstić information content (AvgIpc) is 2.95. The summed E-state index contributed by atoms with van der Waals surface area (Å²) in [6.45, 7) is -2.96. The number of hydrogen-bond donors (Lipinski definition) is 2. The zero-order valence-electron chi connectivity index (χ0n) is 17.2. The van der Waals surface area contributed by atoms with Gasteiger partial charge < -0.3 is 15.6 Å². The Balaban J connectivity index is 1.73. The summed E-state index contributed by atoms with van der Waals surface area (Å²) < 4.78 is 29.5. The number of carbonyl (C=O) groups is 2. The topological polar surface area (TPSA) is 105 Å². The number of carbonyl (C=O) groups excluding carboxylic acids is 1. The first kappa shape index (κ1) is 21.5. The molecular formula is C23H21F2N3O4. The SMILES string of the molecule is CN1C(=O)C(c2ccc(OC(F)F)cc2)(c2cccc(C3CC(=CC(=O)O)C3)c2)N=C1N. The highest BCUT2D eigenvalue weighted by atomic mass is 19.3. The fraction of sp³-hybridized carbons (Fsp3) is 0.261. The molecule has 166 valence electrons. The summed E-state index contributed by atoms with van der Waals surface area (Å²) in [6.07, 6.45) is 2.48. The Morgan fingerprint density at radius 1 is 1.25 bits per heavy atom. The van der Waals surface area contributed by atoms with E-state index >= 15 is 0 Å². The molecule has 9 heteroatoms. The third-order valence-corrected chi connectivity index (χ3v) is 5.86. The lowest BCUT2D eigenvalue weighted by molar-refractivity contribution is -0.131. The Kier molecular flexibility index (Phi) is 5.41. The van der Waals surface area contributed by atoms with Gasteiger partial charge in [-0.05, 0) is 47.6 Å². The van der Waals surface area contributed by atoms with Crippen LogP contribution in [0.3, 0.4) is 0 Å². The van der Waals surface area contributed by atoms with E-state index in [0.717, 1.165) is 11.1 Å². The van der Waals surface area contributed by atoms with Crippen LogP contribution in [-0.2, 0) is 15.1 Å². The minimum Gasteiger partial charge on any atom is -0.478 e. The monoisotopic (exact) mass is 441 g/mol. The standard InChI is InChI=1S/C23H21F2N3O4/c1-28-20(31)23(27-22(28)26,16-5-7-18(8-6-16)32-21(24)25)17-4-2-3-14(12-17)15-9-13(10-15)11-19(29)30/h2-8,11-12,15,21H,9-10H2,1H3,(H2,26,27)(H,29,30). The third-order valence-electron chi connectivity index (χ3n) is 5.86. The van der Waals surface area contributed by atoms with Gasteiger partial charge in [0.05, 0.1) is 0 Å². The summed E-state index contributed by atoms with van der Waals surface area (Å²) in [6, 6.07) is 13.2. The number of carboxylic acid groups (broad SMARTS) is 1. The number of likely N-dealkylation sites (N-methyl/N-ethyl adjacent to an activating group) is 1. The first-order chi connectivity index (χ1) is 15.2. The largest absolute Gasteiger partial charge is 0.478 e. The van der Waals surface area contributed by atoms with E-state index in [2.05, 4.69) is 9.73 Å². The van der Waals surface area contributed by atoms with Gasteiger partial charge in [-0.1, -0.05) is 42.0 Å². The fourth-order valence-corrected chi connectivity index (χ4v) is 4.18. The van der Waals surface area contributed by atoms with Crippen molar-refractivity contribution in [2.24, 2.45) is 10.7 Å². The molecule has 1 atom stereocenters. The average molecular weight is 441 g/mol. The van der Waals surface area contributed by atoms with Gasteiger partial charge in [0.25, 0.3) is 5.91 Å². The minimum absolute atomic E-state index is 0.0318. The molecule has 7 nitrogen and oxygen atoms in total. The Labute approximate surface area is 182 Å². The Hall–Kier alpha value is -3.75. The van der Waals surface area contributed by atoms with Crippen LogP contribution in [0.5, 0.6) is 5.75 Å². The molecule has 1 heterocycles. The first-order valence-corrected chi connectivity index (χ1v) is 9.92. The molecule has 1 aliphatic heterocycles. The van der Waals surface area contributed by atoms with Crippen LogP contribution in [0.4, 0.5) is 8.78 Å². The van der Waals surface area contributed by atoms with E-state index in [-0.39, 0.29) is 23.5 Å². The summed E-state index contributed by atoms with van der Waals surface area (Å²) in [5.41, 5.74) is 7.39. The summed E-state index contributed by atoms with van der Waals surface area (Å²) >= 11 is 0. The zero-order chi connectivity index (χ0) is 23.0.